The molecule has 2 rings (SSSR count). The summed E-state index contributed by atoms with van der Waals surface area (Å²) in [6.07, 6.45) is -4.15. The van der Waals surface area contributed by atoms with Crippen molar-refractivity contribution in [2.45, 2.75) is 31.5 Å². The number of nitrogens with zero attached hydrogens (tertiary/aromatic N) is 5. The molecule has 0 aliphatic carbocycles. The van der Waals surface area contributed by atoms with E-state index in [0.717, 1.165) is 10.8 Å². The van der Waals surface area contributed by atoms with Gasteiger partial charge in [0.15, 0.2) is 6.23 Å². The molecule has 3 N–H and O–H groups in total. The Morgan fingerprint density at radius 1 is 1.43 bits per heavy atom. The van der Waals surface area contributed by atoms with Gasteiger partial charge >= 0.3 is 11.2 Å². The lowest BCUT2D eigenvalue weighted by molar-refractivity contribution is -0.0556. The molecule has 0 bridgehead atoms. The van der Waals surface area contributed by atoms with Crippen LogP contribution >= 0.6 is 0 Å². The second-order valence-corrected chi connectivity index (χ2v) is 4.53. The summed E-state index contributed by atoms with van der Waals surface area (Å²) in [5.41, 5.74) is 6.62. The molecular formula is C10H13N5O6. The Kier molecular flexibility index (Phi) is 4.11. The van der Waals surface area contributed by atoms with Crippen LogP contribution in [0.1, 0.15) is 11.8 Å². The lowest BCUT2D eigenvalue weighted by atomic mass is 10.1. The molecule has 0 saturated carbocycles. The summed E-state index contributed by atoms with van der Waals surface area (Å²) in [4.78, 5) is 26.2. The summed E-state index contributed by atoms with van der Waals surface area (Å²) in [5.74, 6) is 0. The molecule has 1 saturated heterocycles. The van der Waals surface area contributed by atoms with E-state index in [0.29, 0.717) is 0 Å². The van der Waals surface area contributed by atoms with E-state index in [1.54, 1.807) is 0 Å². The summed E-state index contributed by atoms with van der Waals surface area (Å²) in [6.45, 7) is 0.821. The fraction of sp³-hybridized carbons (Fsp3) is 0.600. The third kappa shape index (κ3) is 2.44. The number of aliphatic hydroxyl groups excluding tert-OH is 3. The zero-order valence-corrected chi connectivity index (χ0v) is 10.9. The highest BCUT2D eigenvalue weighted by atomic mass is 16.6. The SMILES string of the molecule is Cc1cn([C@@H]2O[C@H](CO)C(O)C2O)c(=O)n(N=[N+]=[N-])c1=O. The molecule has 1 aliphatic heterocycles. The van der Waals surface area contributed by atoms with Crippen LogP contribution < -0.4 is 11.2 Å². The van der Waals surface area contributed by atoms with Crippen molar-refractivity contribution >= 4 is 0 Å². The molecule has 2 unspecified atom stereocenters. The van der Waals surface area contributed by atoms with Crippen LogP contribution in [0.15, 0.2) is 21.0 Å². The number of aryl methyl sites for hydroxylation is 1. The van der Waals surface area contributed by atoms with Gasteiger partial charge in [-0.15, -0.1) is 5.53 Å². The van der Waals surface area contributed by atoms with E-state index in [2.05, 4.69) is 10.1 Å². The molecule has 114 valence electrons. The second-order valence-electron chi connectivity index (χ2n) is 4.53. The van der Waals surface area contributed by atoms with E-state index < -0.39 is 42.4 Å². The summed E-state index contributed by atoms with van der Waals surface area (Å²) in [7, 11) is 0. The zero-order valence-electron chi connectivity index (χ0n) is 10.9. The van der Waals surface area contributed by atoms with Gasteiger partial charge in [0.1, 0.15) is 18.3 Å². The van der Waals surface area contributed by atoms with Gasteiger partial charge in [0, 0.05) is 6.20 Å². The van der Waals surface area contributed by atoms with Crippen molar-refractivity contribution in [3.8, 4) is 0 Å². The average molecular weight is 299 g/mol. The third-order valence-electron chi connectivity index (χ3n) is 3.19. The maximum Gasteiger partial charge on any atom is 0.428 e. The lowest BCUT2D eigenvalue weighted by Crippen LogP contribution is -2.42. The first-order chi connectivity index (χ1) is 9.92. The topological polar surface area (TPSA) is 163 Å². The lowest BCUT2D eigenvalue weighted by Gasteiger charge is -2.17. The molecule has 4 atom stereocenters. The molecule has 11 nitrogen and oxygen atoms in total. The molecule has 1 fully saturated rings. The second kappa shape index (κ2) is 5.68. The van der Waals surface area contributed by atoms with Crippen LogP contribution in [0.25, 0.3) is 10.4 Å². The van der Waals surface area contributed by atoms with Gasteiger partial charge < -0.3 is 20.1 Å². The van der Waals surface area contributed by atoms with Gasteiger partial charge in [-0.05, 0) is 12.1 Å². The van der Waals surface area contributed by atoms with Crippen LogP contribution in [0.3, 0.4) is 0 Å². The molecular weight excluding hydrogens is 286 g/mol. The minimum Gasteiger partial charge on any atom is -0.394 e. The normalized spacial score (nSPS) is 28.4. The Hall–Kier alpha value is -2.17. The largest absolute Gasteiger partial charge is 0.428 e. The summed E-state index contributed by atoms with van der Waals surface area (Å²) >= 11 is 0. The highest BCUT2D eigenvalue weighted by molar-refractivity contribution is 5.04. The first-order valence-corrected chi connectivity index (χ1v) is 5.95. The van der Waals surface area contributed by atoms with Crippen molar-refractivity contribution in [1.29, 1.82) is 0 Å². The molecule has 1 aromatic rings. The first kappa shape index (κ1) is 15.2. The molecule has 1 aliphatic rings. The molecule has 21 heavy (non-hydrogen) atoms. The zero-order chi connectivity index (χ0) is 15.7. The van der Waals surface area contributed by atoms with Gasteiger partial charge in [0.05, 0.1) is 12.2 Å². The molecule has 11 heteroatoms. The quantitative estimate of drug-likeness (QED) is 0.332. The van der Waals surface area contributed by atoms with Crippen LogP contribution in [0.4, 0.5) is 0 Å². The Labute approximate surface area is 116 Å². The van der Waals surface area contributed by atoms with Crippen molar-refractivity contribution in [3.63, 3.8) is 0 Å². The summed E-state index contributed by atoms with van der Waals surface area (Å²) in [5, 5.41) is 31.6. The van der Waals surface area contributed by atoms with E-state index in [1.807, 2.05) is 0 Å². The standard InChI is InChI=1S/C10H13N5O6/c1-4-2-14(10(20)15(8(4)19)13-12-11)9-7(18)6(17)5(3-16)21-9/h2,5-7,9,16-18H,3H2,1H3/t5-,6?,7?,9-/m1/s1. The van der Waals surface area contributed by atoms with Gasteiger partial charge in [0.25, 0.3) is 0 Å². The van der Waals surface area contributed by atoms with Gasteiger partial charge in [-0.3, -0.25) is 4.57 Å². The minimum absolute atomic E-state index is 0.0692. The van der Waals surface area contributed by atoms with Crippen molar-refractivity contribution < 1.29 is 20.1 Å². The minimum atomic E-state index is -1.49. The molecule has 0 spiro atoms. The molecule has 0 radical (unpaired) electrons. The van der Waals surface area contributed by atoms with E-state index in [9.17, 15) is 19.8 Å². The number of aliphatic hydroxyl groups is 3. The van der Waals surface area contributed by atoms with Crippen molar-refractivity contribution in [3.05, 3.63) is 43.0 Å². The molecule has 2 heterocycles. The Balaban J connectivity index is 2.58. The number of azide groups is 1. The average Bonchev–Trinajstić information content (AvgIpc) is 2.75. The third-order valence-corrected chi connectivity index (χ3v) is 3.19. The van der Waals surface area contributed by atoms with Crippen LogP contribution in [0.5, 0.6) is 0 Å². The van der Waals surface area contributed by atoms with Crippen molar-refractivity contribution in [2.24, 2.45) is 5.22 Å². The predicted molar refractivity (Wildman–Crippen MR) is 67.3 cm³/mol. The van der Waals surface area contributed by atoms with Crippen LogP contribution in [-0.4, -0.2) is 49.5 Å². The van der Waals surface area contributed by atoms with Gasteiger partial charge in [-0.2, -0.15) is 4.91 Å². The number of ether oxygens (including phenoxy) is 1. The number of rotatable bonds is 3. The Morgan fingerprint density at radius 2 is 2.10 bits per heavy atom. The smallest absolute Gasteiger partial charge is 0.394 e. The highest BCUT2D eigenvalue weighted by Crippen LogP contribution is 2.27. The Bertz CT molecular complexity index is 705. The van der Waals surface area contributed by atoms with E-state index in [-0.39, 0.29) is 10.2 Å². The molecule has 0 aromatic carbocycles. The van der Waals surface area contributed by atoms with Gasteiger partial charge in [-0.1, -0.05) is 4.68 Å². The summed E-state index contributed by atoms with van der Waals surface area (Å²) in [6, 6.07) is 0. The van der Waals surface area contributed by atoms with Crippen LogP contribution in [0, 0.1) is 6.92 Å². The van der Waals surface area contributed by atoms with E-state index >= 15 is 0 Å². The van der Waals surface area contributed by atoms with E-state index in [4.69, 9.17) is 15.4 Å². The van der Waals surface area contributed by atoms with Gasteiger partial charge in [0.2, 0.25) is 0 Å². The van der Waals surface area contributed by atoms with E-state index in [1.165, 1.54) is 6.92 Å². The molecule has 1 aromatic heterocycles. The number of hydrogen-bond acceptors (Lipinski definition) is 7. The fourth-order valence-corrected chi connectivity index (χ4v) is 2.09. The monoisotopic (exact) mass is 299 g/mol. The fourth-order valence-electron chi connectivity index (χ4n) is 2.09. The maximum absolute atomic E-state index is 12.1. The highest BCUT2D eigenvalue weighted by Gasteiger charge is 2.44. The molecule has 0 amide bonds. The maximum atomic E-state index is 12.1. The first-order valence-electron chi connectivity index (χ1n) is 5.95. The van der Waals surface area contributed by atoms with Crippen LogP contribution in [0.2, 0.25) is 0 Å². The van der Waals surface area contributed by atoms with Gasteiger partial charge in [-0.25, -0.2) is 9.59 Å². The predicted octanol–water partition coefficient (Wildman–Crippen LogP) is -2.00. The summed E-state index contributed by atoms with van der Waals surface area (Å²) < 4.78 is 6.30. The number of aromatic nitrogens is 2. The van der Waals surface area contributed by atoms with Crippen LogP contribution in [-0.2, 0) is 4.74 Å². The van der Waals surface area contributed by atoms with Crippen molar-refractivity contribution in [2.75, 3.05) is 6.61 Å². The van der Waals surface area contributed by atoms with Crippen molar-refractivity contribution in [1.82, 2.24) is 9.24 Å². The Morgan fingerprint density at radius 3 is 2.62 bits per heavy atom. The number of hydrogen-bond donors (Lipinski definition) is 3.